The lowest BCUT2D eigenvalue weighted by atomic mass is 9.86. The van der Waals surface area contributed by atoms with E-state index in [2.05, 4.69) is 47.4 Å². The minimum atomic E-state index is -0.136. The second-order valence-corrected chi connectivity index (χ2v) is 16.2. The maximum atomic E-state index is 10.9. The highest BCUT2D eigenvalue weighted by atomic mass is 16.5. The van der Waals surface area contributed by atoms with Crippen molar-refractivity contribution in [2.75, 3.05) is 11.5 Å². The van der Waals surface area contributed by atoms with E-state index >= 15 is 0 Å². The maximum Gasteiger partial charge on any atom is 0.142 e. The molecule has 0 aromatic heterocycles. The average molecular weight is 901 g/mol. The van der Waals surface area contributed by atoms with Crippen LogP contribution in [0.5, 0.6) is 34.5 Å². The molecular formula is C64H40N2O4. The van der Waals surface area contributed by atoms with Crippen molar-refractivity contribution in [2.45, 2.75) is 0 Å². The van der Waals surface area contributed by atoms with Crippen molar-refractivity contribution in [3.05, 3.63) is 251 Å². The number of hydrogen-bond acceptors (Lipinski definition) is 6. The first-order valence-corrected chi connectivity index (χ1v) is 22.4. The molecule has 6 N–H and O–H groups in total. The van der Waals surface area contributed by atoms with Crippen LogP contribution in [0.3, 0.4) is 0 Å². The smallest absolute Gasteiger partial charge is 0.142 e. The number of anilines is 2. The van der Waals surface area contributed by atoms with Gasteiger partial charge in [0.25, 0.3) is 0 Å². The lowest BCUT2D eigenvalue weighted by molar-refractivity contribution is 0.454. The molecular weight excluding hydrogens is 861 g/mol. The van der Waals surface area contributed by atoms with Gasteiger partial charge in [0.05, 0.1) is 11.4 Å². The number of benzene rings is 10. The Hall–Kier alpha value is -10.2. The SMILES string of the molecule is Nc1ccc(Oc2cc(C#Cc3ccccc3)c3c(C#Cc4ccccc4)cccc3c2-c2c(Oc3ccc(N)c(O)c3)cc(C#Cc3ccccc3)c3c(C#Cc4ccccc4)cccc23)cc1O. The molecule has 0 radical (unpaired) electrons. The van der Waals surface area contributed by atoms with Gasteiger partial charge in [0.2, 0.25) is 0 Å². The summed E-state index contributed by atoms with van der Waals surface area (Å²) in [4.78, 5) is 0. The Morgan fingerprint density at radius 1 is 0.314 bits per heavy atom. The quantitative estimate of drug-likeness (QED) is 0.0778. The van der Waals surface area contributed by atoms with Gasteiger partial charge in [-0.2, -0.15) is 0 Å². The number of rotatable bonds is 5. The number of ether oxygens (including phenoxy) is 2. The molecule has 0 amide bonds. The number of phenols is 2. The van der Waals surface area contributed by atoms with E-state index in [-0.39, 0.29) is 22.9 Å². The van der Waals surface area contributed by atoms with Crippen molar-refractivity contribution < 1.29 is 19.7 Å². The number of nitrogens with two attached hydrogens (primary N) is 2. The third-order valence-electron chi connectivity index (χ3n) is 11.4. The highest BCUT2D eigenvalue weighted by Crippen LogP contribution is 2.50. The van der Waals surface area contributed by atoms with Crippen molar-refractivity contribution in [1.29, 1.82) is 0 Å². The predicted molar refractivity (Wildman–Crippen MR) is 282 cm³/mol. The van der Waals surface area contributed by atoms with Gasteiger partial charge in [-0.05, 0) is 108 Å². The van der Waals surface area contributed by atoms with Crippen LogP contribution in [0.2, 0.25) is 0 Å². The molecule has 0 fully saturated rings. The first-order valence-electron chi connectivity index (χ1n) is 22.4. The fourth-order valence-electron chi connectivity index (χ4n) is 8.07. The predicted octanol–water partition coefficient (Wildman–Crippen LogP) is 13.4. The third kappa shape index (κ3) is 9.53. The monoisotopic (exact) mass is 900 g/mol. The Morgan fingerprint density at radius 2 is 0.643 bits per heavy atom. The van der Waals surface area contributed by atoms with E-state index in [4.69, 9.17) is 20.9 Å². The second kappa shape index (κ2) is 19.7. The van der Waals surface area contributed by atoms with Crippen molar-refractivity contribution in [2.24, 2.45) is 0 Å². The molecule has 0 saturated carbocycles. The fraction of sp³-hybridized carbons (Fsp3) is 0. The van der Waals surface area contributed by atoms with Gasteiger partial charge >= 0.3 is 0 Å². The van der Waals surface area contributed by atoms with Crippen LogP contribution in [-0.4, -0.2) is 10.2 Å². The van der Waals surface area contributed by atoms with E-state index in [0.29, 0.717) is 45.3 Å². The van der Waals surface area contributed by atoms with Crippen LogP contribution in [0, 0.1) is 47.4 Å². The Labute approximate surface area is 406 Å². The zero-order chi connectivity index (χ0) is 47.8. The lowest BCUT2D eigenvalue weighted by Crippen LogP contribution is -2.00. The van der Waals surface area contributed by atoms with Crippen LogP contribution < -0.4 is 20.9 Å². The van der Waals surface area contributed by atoms with Crippen molar-refractivity contribution >= 4 is 32.9 Å². The molecule has 0 atom stereocenters. The minimum absolute atomic E-state index is 0.136. The summed E-state index contributed by atoms with van der Waals surface area (Å²) in [6.07, 6.45) is 0. The van der Waals surface area contributed by atoms with Crippen LogP contribution in [-0.2, 0) is 0 Å². The molecule has 70 heavy (non-hydrogen) atoms. The largest absolute Gasteiger partial charge is 0.506 e. The zero-order valence-corrected chi connectivity index (χ0v) is 37.5. The highest BCUT2D eigenvalue weighted by molar-refractivity contribution is 6.14. The van der Waals surface area contributed by atoms with Gasteiger partial charge in [0, 0.05) is 78.5 Å². The van der Waals surface area contributed by atoms with Crippen molar-refractivity contribution in [1.82, 2.24) is 0 Å². The molecule has 0 aliphatic heterocycles. The van der Waals surface area contributed by atoms with E-state index in [1.807, 2.05) is 170 Å². The number of nitrogen functional groups attached to an aromatic ring is 2. The molecule has 10 aromatic rings. The van der Waals surface area contributed by atoms with Crippen LogP contribution >= 0.6 is 0 Å². The highest BCUT2D eigenvalue weighted by Gasteiger charge is 2.25. The molecule has 0 spiro atoms. The molecule has 0 saturated heterocycles. The molecule has 0 bridgehead atoms. The van der Waals surface area contributed by atoms with Gasteiger partial charge in [-0.3, -0.25) is 0 Å². The molecule has 10 rings (SSSR count). The Balaban J connectivity index is 1.36. The van der Waals surface area contributed by atoms with Gasteiger partial charge in [-0.1, -0.05) is 144 Å². The summed E-state index contributed by atoms with van der Waals surface area (Å²) in [5, 5.41) is 24.8. The second-order valence-electron chi connectivity index (χ2n) is 16.2. The molecule has 0 aliphatic carbocycles. The summed E-state index contributed by atoms with van der Waals surface area (Å²) >= 11 is 0. The Kier molecular flexibility index (Phi) is 12.3. The summed E-state index contributed by atoms with van der Waals surface area (Å²) in [5.74, 6) is 28.6. The van der Waals surface area contributed by atoms with Gasteiger partial charge < -0.3 is 31.2 Å². The van der Waals surface area contributed by atoms with Crippen molar-refractivity contribution in [3.63, 3.8) is 0 Å². The molecule has 10 aromatic carbocycles. The molecule has 0 aliphatic rings. The normalized spacial score (nSPS) is 10.3. The maximum absolute atomic E-state index is 10.9. The van der Waals surface area contributed by atoms with Gasteiger partial charge in [-0.15, -0.1) is 0 Å². The van der Waals surface area contributed by atoms with Crippen LogP contribution in [0.4, 0.5) is 11.4 Å². The number of hydrogen-bond donors (Lipinski definition) is 4. The average Bonchev–Trinajstić information content (AvgIpc) is 3.39. The van der Waals surface area contributed by atoms with Gasteiger partial charge in [0.15, 0.2) is 0 Å². The summed E-state index contributed by atoms with van der Waals surface area (Å²) in [6.45, 7) is 0. The molecule has 0 unspecified atom stereocenters. The Bertz CT molecular complexity index is 3620. The third-order valence-corrected chi connectivity index (χ3v) is 11.4. The standard InChI is InChI=1S/C64H40N2O4/c65-55-37-35-51(41-57(55)67)69-59-39-49(33-29-45-19-9-3-10-20-45)61-47(31-27-43-15-5-1-6-16-43)23-13-25-53(61)63(59)64-54-26-14-24-48(32-28-44-17-7-2-8-18-44)62(54)50(34-30-46-21-11-4-12-22-46)40-60(64)70-52-36-38-56(66)58(68)42-52/h1-26,35-42,67-68H,65-66H2. The molecule has 0 heterocycles. The number of fused-ring (bicyclic) bond motifs is 2. The van der Waals surface area contributed by atoms with E-state index < -0.39 is 0 Å². The first kappa shape index (κ1) is 43.6. The summed E-state index contributed by atoms with van der Waals surface area (Å²) in [5.41, 5.74) is 20.0. The summed E-state index contributed by atoms with van der Waals surface area (Å²) < 4.78 is 13.9. The number of phenolic OH excluding ortho intramolecular Hbond substituents is 2. The van der Waals surface area contributed by atoms with Crippen LogP contribution in [0.15, 0.2) is 206 Å². The van der Waals surface area contributed by atoms with Gasteiger partial charge in [0.1, 0.15) is 34.5 Å². The number of aromatic hydroxyl groups is 2. The fourth-order valence-corrected chi connectivity index (χ4v) is 8.07. The molecule has 6 nitrogen and oxygen atoms in total. The lowest BCUT2D eigenvalue weighted by Gasteiger charge is -2.22. The molecule has 6 heteroatoms. The van der Waals surface area contributed by atoms with Gasteiger partial charge in [-0.25, -0.2) is 0 Å². The van der Waals surface area contributed by atoms with Crippen LogP contribution in [0.25, 0.3) is 32.7 Å². The van der Waals surface area contributed by atoms with Crippen molar-refractivity contribution in [3.8, 4) is 93.0 Å². The van der Waals surface area contributed by atoms with E-state index in [0.717, 1.165) is 54.9 Å². The summed E-state index contributed by atoms with van der Waals surface area (Å²) in [6, 6.07) is 64.5. The first-order chi connectivity index (χ1) is 34.3. The van der Waals surface area contributed by atoms with E-state index in [9.17, 15) is 10.2 Å². The van der Waals surface area contributed by atoms with E-state index in [1.165, 1.54) is 12.1 Å². The minimum Gasteiger partial charge on any atom is -0.506 e. The molecule has 330 valence electrons. The van der Waals surface area contributed by atoms with E-state index in [1.54, 1.807) is 24.3 Å². The van der Waals surface area contributed by atoms with Crippen LogP contribution in [0.1, 0.15) is 44.5 Å². The zero-order valence-electron chi connectivity index (χ0n) is 37.5. The topological polar surface area (TPSA) is 111 Å². The Morgan fingerprint density at radius 3 is 0.971 bits per heavy atom. The summed E-state index contributed by atoms with van der Waals surface area (Å²) in [7, 11) is 0.